The molecule has 1 aliphatic heterocycles. The molecule has 88 valence electrons. The highest BCUT2D eigenvalue weighted by atomic mass is 16.3. The van der Waals surface area contributed by atoms with Gasteiger partial charge in [-0.2, -0.15) is 0 Å². The van der Waals surface area contributed by atoms with Crippen LogP contribution >= 0.6 is 0 Å². The molecule has 0 spiro atoms. The van der Waals surface area contributed by atoms with Crippen LogP contribution < -0.4 is 5.73 Å². The number of hydrogen-bond donors (Lipinski definition) is 2. The summed E-state index contributed by atoms with van der Waals surface area (Å²) in [4.78, 5) is 2.39. The van der Waals surface area contributed by atoms with Crippen LogP contribution in [0, 0.1) is 5.92 Å². The van der Waals surface area contributed by atoms with Crippen LogP contribution in [-0.4, -0.2) is 29.6 Å². The van der Waals surface area contributed by atoms with Crippen molar-refractivity contribution in [2.75, 3.05) is 19.6 Å². The van der Waals surface area contributed by atoms with Crippen molar-refractivity contribution in [2.24, 2.45) is 11.7 Å². The molecule has 1 heterocycles. The summed E-state index contributed by atoms with van der Waals surface area (Å²) in [5, 5.41) is 9.69. The molecule has 0 atom stereocenters. The smallest absolute Gasteiger partial charge is 0.120 e. The Balaban J connectivity index is 1.89. The molecule has 2 rings (SSSR count). The van der Waals surface area contributed by atoms with Gasteiger partial charge in [0.05, 0.1) is 0 Å². The van der Waals surface area contributed by atoms with Crippen molar-refractivity contribution in [3.05, 3.63) is 29.8 Å². The first-order valence-corrected chi connectivity index (χ1v) is 5.99. The summed E-state index contributed by atoms with van der Waals surface area (Å²) < 4.78 is 0. The largest absolute Gasteiger partial charge is 0.508 e. The average molecular weight is 220 g/mol. The monoisotopic (exact) mass is 220 g/mol. The van der Waals surface area contributed by atoms with Crippen LogP contribution in [0.15, 0.2) is 24.3 Å². The fourth-order valence-electron chi connectivity index (χ4n) is 2.27. The second-order valence-electron chi connectivity index (χ2n) is 4.58. The van der Waals surface area contributed by atoms with Crippen molar-refractivity contribution in [3.63, 3.8) is 0 Å². The van der Waals surface area contributed by atoms with Gasteiger partial charge in [-0.3, -0.25) is 4.90 Å². The fourth-order valence-corrected chi connectivity index (χ4v) is 2.27. The summed E-state index contributed by atoms with van der Waals surface area (Å²) in [5.74, 6) is 1.10. The number of benzene rings is 1. The van der Waals surface area contributed by atoms with E-state index in [1.165, 1.54) is 12.8 Å². The molecule has 1 aromatic rings. The Hall–Kier alpha value is -1.06. The summed E-state index contributed by atoms with van der Waals surface area (Å²) in [6, 6.07) is 7.58. The molecule has 0 aliphatic carbocycles. The molecule has 3 N–H and O–H groups in total. The summed E-state index contributed by atoms with van der Waals surface area (Å²) in [6.45, 7) is 3.85. The van der Waals surface area contributed by atoms with E-state index >= 15 is 0 Å². The number of hydrogen-bond acceptors (Lipinski definition) is 3. The molecule has 0 amide bonds. The molecule has 3 nitrogen and oxygen atoms in total. The van der Waals surface area contributed by atoms with Gasteiger partial charge in [-0.1, -0.05) is 18.2 Å². The van der Waals surface area contributed by atoms with Gasteiger partial charge in [0.15, 0.2) is 0 Å². The molecular formula is C13H20N2O. The lowest BCUT2D eigenvalue weighted by molar-refractivity contribution is 0.179. The maximum absolute atomic E-state index is 9.69. The quantitative estimate of drug-likeness (QED) is 0.813. The number of phenolic OH excluding ortho intramolecular Hbond substituents is 1. The van der Waals surface area contributed by atoms with E-state index in [4.69, 9.17) is 5.73 Å². The first-order chi connectivity index (χ1) is 7.79. The van der Waals surface area contributed by atoms with E-state index in [0.29, 0.717) is 11.7 Å². The van der Waals surface area contributed by atoms with Crippen LogP contribution in [-0.2, 0) is 6.54 Å². The van der Waals surface area contributed by atoms with E-state index < -0.39 is 0 Å². The van der Waals surface area contributed by atoms with Gasteiger partial charge >= 0.3 is 0 Å². The van der Waals surface area contributed by atoms with Gasteiger partial charge in [0.2, 0.25) is 0 Å². The predicted molar refractivity (Wildman–Crippen MR) is 65.2 cm³/mol. The van der Waals surface area contributed by atoms with E-state index in [1.807, 2.05) is 18.2 Å². The van der Waals surface area contributed by atoms with Gasteiger partial charge in [-0.25, -0.2) is 0 Å². The fraction of sp³-hybridized carbons (Fsp3) is 0.538. The third-order valence-corrected chi connectivity index (χ3v) is 3.43. The molecule has 16 heavy (non-hydrogen) atoms. The molecule has 1 saturated heterocycles. The Morgan fingerprint density at radius 3 is 2.56 bits per heavy atom. The number of phenols is 1. The topological polar surface area (TPSA) is 49.5 Å². The number of aromatic hydroxyl groups is 1. The van der Waals surface area contributed by atoms with Crippen molar-refractivity contribution in [1.29, 1.82) is 0 Å². The minimum Gasteiger partial charge on any atom is -0.508 e. The summed E-state index contributed by atoms with van der Waals surface area (Å²) in [7, 11) is 0. The first-order valence-electron chi connectivity index (χ1n) is 5.99. The number of nitrogens with zero attached hydrogens (tertiary/aromatic N) is 1. The second-order valence-corrected chi connectivity index (χ2v) is 4.58. The predicted octanol–water partition coefficient (Wildman–Crippen LogP) is 1.56. The molecule has 1 aromatic carbocycles. The molecule has 3 heteroatoms. The van der Waals surface area contributed by atoms with E-state index in [2.05, 4.69) is 4.90 Å². The zero-order valence-electron chi connectivity index (χ0n) is 9.60. The van der Waals surface area contributed by atoms with Gasteiger partial charge in [-0.05, 0) is 44.5 Å². The third kappa shape index (κ3) is 2.74. The number of nitrogens with two attached hydrogens (primary N) is 1. The third-order valence-electron chi connectivity index (χ3n) is 3.43. The maximum atomic E-state index is 9.69. The number of rotatable bonds is 3. The van der Waals surface area contributed by atoms with E-state index in [9.17, 15) is 5.11 Å². The maximum Gasteiger partial charge on any atom is 0.120 e. The molecule has 0 unspecified atom stereocenters. The Kier molecular flexibility index (Phi) is 3.80. The van der Waals surface area contributed by atoms with Gasteiger partial charge < -0.3 is 10.8 Å². The highest BCUT2D eigenvalue weighted by Crippen LogP contribution is 2.21. The Labute approximate surface area is 96.9 Å². The van der Waals surface area contributed by atoms with Gasteiger partial charge in [-0.15, -0.1) is 0 Å². The van der Waals surface area contributed by atoms with Crippen molar-refractivity contribution < 1.29 is 5.11 Å². The number of likely N-dealkylation sites (tertiary alicyclic amines) is 1. The molecule has 0 saturated carbocycles. The first kappa shape index (κ1) is 11.4. The second kappa shape index (κ2) is 5.32. The van der Waals surface area contributed by atoms with Crippen LogP contribution in [0.1, 0.15) is 18.4 Å². The minimum absolute atomic E-state index is 0.406. The van der Waals surface area contributed by atoms with Crippen molar-refractivity contribution >= 4 is 0 Å². The standard InChI is InChI=1S/C13H20N2O/c14-9-11-5-7-15(8-6-11)10-12-3-1-2-4-13(12)16/h1-4,11,16H,5-10,14H2. The van der Waals surface area contributed by atoms with Gasteiger partial charge in [0.1, 0.15) is 5.75 Å². The number of piperidine rings is 1. The van der Waals surface area contributed by atoms with E-state index in [0.717, 1.165) is 31.7 Å². The summed E-state index contributed by atoms with van der Waals surface area (Å²) >= 11 is 0. The van der Waals surface area contributed by atoms with Crippen LogP contribution in [0.25, 0.3) is 0 Å². The van der Waals surface area contributed by atoms with Crippen LogP contribution in [0.3, 0.4) is 0 Å². The van der Waals surface area contributed by atoms with Gasteiger partial charge in [0.25, 0.3) is 0 Å². The van der Waals surface area contributed by atoms with Gasteiger partial charge in [0, 0.05) is 12.1 Å². The lowest BCUT2D eigenvalue weighted by Crippen LogP contribution is -2.35. The lowest BCUT2D eigenvalue weighted by Gasteiger charge is -2.31. The van der Waals surface area contributed by atoms with Crippen molar-refractivity contribution in [3.8, 4) is 5.75 Å². The van der Waals surface area contributed by atoms with E-state index in [-0.39, 0.29) is 0 Å². The highest BCUT2D eigenvalue weighted by molar-refractivity contribution is 5.31. The Morgan fingerprint density at radius 1 is 1.25 bits per heavy atom. The van der Waals surface area contributed by atoms with Crippen LogP contribution in [0.5, 0.6) is 5.75 Å². The highest BCUT2D eigenvalue weighted by Gasteiger charge is 2.18. The summed E-state index contributed by atoms with van der Waals surface area (Å²) in [6.07, 6.45) is 2.37. The summed E-state index contributed by atoms with van der Waals surface area (Å²) in [5.41, 5.74) is 6.69. The van der Waals surface area contributed by atoms with Crippen LogP contribution in [0.4, 0.5) is 0 Å². The number of para-hydroxylation sites is 1. The zero-order chi connectivity index (χ0) is 11.4. The van der Waals surface area contributed by atoms with Crippen molar-refractivity contribution in [2.45, 2.75) is 19.4 Å². The molecule has 1 aliphatic rings. The average Bonchev–Trinajstić information content (AvgIpc) is 2.33. The normalized spacial score (nSPS) is 18.8. The van der Waals surface area contributed by atoms with Crippen LogP contribution in [0.2, 0.25) is 0 Å². The molecule has 0 bridgehead atoms. The zero-order valence-corrected chi connectivity index (χ0v) is 9.60. The SMILES string of the molecule is NCC1CCN(Cc2ccccc2O)CC1. The molecule has 0 radical (unpaired) electrons. The lowest BCUT2D eigenvalue weighted by atomic mass is 9.97. The Morgan fingerprint density at radius 2 is 1.94 bits per heavy atom. The van der Waals surface area contributed by atoms with Crippen molar-refractivity contribution in [1.82, 2.24) is 4.90 Å². The molecule has 1 fully saturated rings. The minimum atomic E-state index is 0.406. The molecule has 0 aromatic heterocycles. The Bertz CT molecular complexity index is 332. The molecular weight excluding hydrogens is 200 g/mol. The van der Waals surface area contributed by atoms with E-state index in [1.54, 1.807) is 6.07 Å².